The van der Waals surface area contributed by atoms with Crippen molar-refractivity contribution < 1.29 is 13.8 Å². The molecule has 0 saturated carbocycles. The Morgan fingerprint density at radius 1 is 1.50 bits per heavy atom. The largest absolute Gasteiger partial charge is 0.605 e. The van der Waals surface area contributed by atoms with Crippen LogP contribution in [0.4, 0.5) is 0 Å². The third-order valence-electron chi connectivity index (χ3n) is 1.23. The Morgan fingerprint density at radius 3 is 2.62 bits per heavy atom. The minimum absolute atomic E-state index is 0.375. The summed E-state index contributed by atoms with van der Waals surface area (Å²) in [5.74, 6) is 1.69. The van der Waals surface area contributed by atoms with Gasteiger partial charge in [0.15, 0.2) is 12.0 Å². The molecule has 0 aliphatic heterocycles. The summed E-state index contributed by atoms with van der Waals surface area (Å²) in [5.41, 5.74) is 0. The first-order chi connectivity index (χ1) is 7.74. The van der Waals surface area contributed by atoms with Crippen molar-refractivity contribution in [3.05, 3.63) is 49.5 Å². The van der Waals surface area contributed by atoms with E-state index in [1.807, 2.05) is 0 Å². The van der Waals surface area contributed by atoms with Crippen LogP contribution in [0.3, 0.4) is 0 Å². The molecule has 1 unspecified atom stereocenters. The number of rotatable bonds is 6. The molecule has 0 amide bonds. The maximum Gasteiger partial charge on any atom is 0.185 e. The van der Waals surface area contributed by atoms with Gasteiger partial charge in [-0.3, -0.25) is 4.79 Å². The lowest BCUT2D eigenvalue weighted by Crippen LogP contribution is -1.97. The number of hydrogen-bond acceptors (Lipinski definition) is 4. The van der Waals surface area contributed by atoms with Crippen molar-refractivity contribution in [2.24, 2.45) is 0 Å². The molecule has 0 aliphatic rings. The van der Waals surface area contributed by atoms with E-state index < -0.39 is 10.2 Å². The van der Waals surface area contributed by atoms with Gasteiger partial charge in [-0.1, -0.05) is 12.7 Å². The van der Waals surface area contributed by atoms with Gasteiger partial charge in [-0.2, -0.15) is 0 Å². The van der Waals surface area contributed by atoms with Crippen molar-refractivity contribution >= 4 is 27.3 Å². The van der Waals surface area contributed by atoms with Crippen LogP contribution >= 0.6 is 10.8 Å². The van der Waals surface area contributed by atoms with Crippen molar-refractivity contribution in [2.75, 3.05) is 11.5 Å². The summed E-state index contributed by atoms with van der Waals surface area (Å²) in [5, 5.41) is 0. The molecule has 0 N–H and O–H groups in total. The predicted octanol–water partition coefficient (Wildman–Crippen LogP) is 2.85. The number of carbonyl (C=O) groups excluding carboxylic acids is 1. The first-order valence-electron chi connectivity index (χ1n) is 4.46. The monoisotopic (exact) mass is 258 g/mol. The summed E-state index contributed by atoms with van der Waals surface area (Å²) in [7, 11) is 0.591. The van der Waals surface area contributed by atoms with Gasteiger partial charge in [0.1, 0.15) is 5.75 Å². The zero-order valence-corrected chi connectivity index (χ0v) is 10.5. The molecule has 1 heterocycles. The third kappa shape index (κ3) is 8.40. The minimum Gasteiger partial charge on any atom is -0.605 e. The van der Waals surface area contributed by atoms with Crippen LogP contribution in [0, 0.1) is 0 Å². The van der Waals surface area contributed by atoms with Crippen LogP contribution in [0.2, 0.25) is 0 Å². The van der Waals surface area contributed by atoms with Crippen LogP contribution in [-0.4, -0.2) is 22.3 Å². The van der Waals surface area contributed by atoms with Crippen LogP contribution in [0.15, 0.2) is 48.1 Å². The van der Waals surface area contributed by atoms with E-state index in [0.717, 1.165) is 5.75 Å². The fourth-order valence-corrected chi connectivity index (χ4v) is 2.48. The van der Waals surface area contributed by atoms with Gasteiger partial charge in [-0.25, -0.2) is 0 Å². The van der Waals surface area contributed by atoms with E-state index in [0.29, 0.717) is 17.8 Å². The van der Waals surface area contributed by atoms with E-state index in [2.05, 4.69) is 17.6 Å². The van der Waals surface area contributed by atoms with Crippen molar-refractivity contribution in [1.82, 2.24) is 0 Å². The maximum absolute atomic E-state index is 10.8. The Hall–Kier alpha value is -0.910. The van der Waals surface area contributed by atoms with Gasteiger partial charge in [0.25, 0.3) is 0 Å². The van der Waals surface area contributed by atoms with Crippen LogP contribution < -0.4 is 0 Å². The molecule has 1 aromatic rings. The molecule has 16 heavy (non-hydrogen) atoms. The molecule has 1 aromatic heterocycles. The Kier molecular flexibility index (Phi) is 10.00. The Bertz CT molecular complexity index is 296. The molecule has 0 saturated heterocycles. The SMILES string of the molecule is C=CCS[S+]([O-])CC=C.O=Cc1ccco1. The minimum atomic E-state index is -0.793. The van der Waals surface area contributed by atoms with Gasteiger partial charge < -0.3 is 8.97 Å². The molecule has 0 fully saturated rings. The van der Waals surface area contributed by atoms with Gasteiger partial charge in [0, 0.05) is 10.2 Å². The second-order valence-corrected chi connectivity index (χ2v) is 5.80. The first kappa shape index (κ1) is 15.1. The number of aldehydes is 1. The van der Waals surface area contributed by atoms with E-state index in [9.17, 15) is 9.35 Å². The molecule has 5 heteroatoms. The zero-order valence-electron chi connectivity index (χ0n) is 8.83. The van der Waals surface area contributed by atoms with Gasteiger partial charge >= 0.3 is 0 Å². The lowest BCUT2D eigenvalue weighted by molar-refractivity contribution is 0.110. The lowest BCUT2D eigenvalue weighted by atomic mass is 10.5. The zero-order chi connectivity index (χ0) is 12.2. The topological polar surface area (TPSA) is 53.3 Å². The van der Waals surface area contributed by atoms with Crippen molar-refractivity contribution in [2.45, 2.75) is 0 Å². The van der Waals surface area contributed by atoms with Crippen LogP contribution in [0.1, 0.15) is 10.6 Å². The average Bonchev–Trinajstić information content (AvgIpc) is 2.80. The summed E-state index contributed by atoms with van der Waals surface area (Å²) in [4.78, 5) is 9.77. The van der Waals surface area contributed by atoms with Crippen molar-refractivity contribution in [3.63, 3.8) is 0 Å². The molecule has 1 atom stereocenters. The molecular formula is C11H14O3S2. The molecule has 88 valence electrons. The van der Waals surface area contributed by atoms with E-state index in [1.54, 1.807) is 24.3 Å². The highest BCUT2D eigenvalue weighted by Gasteiger charge is 2.01. The smallest absolute Gasteiger partial charge is 0.185 e. The molecular weight excluding hydrogens is 244 g/mol. The average molecular weight is 258 g/mol. The molecule has 1 rings (SSSR count). The lowest BCUT2D eigenvalue weighted by Gasteiger charge is -2.02. The highest BCUT2D eigenvalue weighted by Crippen LogP contribution is 2.12. The molecule has 0 radical (unpaired) electrons. The second kappa shape index (κ2) is 10.6. The highest BCUT2D eigenvalue weighted by molar-refractivity contribution is 8.72. The summed E-state index contributed by atoms with van der Waals surface area (Å²) in [6.07, 6.45) is 5.53. The Balaban J connectivity index is 0.000000288. The first-order valence-corrected chi connectivity index (χ1v) is 7.28. The highest BCUT2D eigenvalue weighted by atomic mass is 33.1. The Labute approximate surface area is 102 Å². The normalized spacial score (nSPS) is 10.8. The van der Waals surface area contributed by atoms with E-state index >= 15 is 0 Å². The number of carbonyl (C=O) groups is 1. The summed E-state index contributed by atoms with van der Waals surface area (Å²) in [6.45, 7) is 6.99. The van der Waals surface area contributed by atoms with Gasteiger partial charge in [0.2, 0.25) is 0 Å². The van der Waals surface area contributed by atoms with Crippen LogP contribution in [0.5, 0.6) is 0 Å². The van der Waals surface area contributed by atoms with Gasteiger partial charge in [0.05, 0.1) is 22.8 Å². The van der Waals surface area contributed by atoms with Gasteiger partial charge in [-0.15, -0.1) is 6.58 Å². The number of furan rings is 1. The quantitative estimate of drug-likeness (QED) is 0.341. The predicted molar refractivity (Wildman–Crippen MR) is 70.0 cm³/mol. The molecule has 0 aromatic carbocycles. The fourth-order valence-electron chi connectivity index (χ4n) is 0.627. The van der Waals surface area contributed by atoms with E-state index in [1.165, 1.54) is 17.1 Å². The van der Waals surface area contributed by atoms with Crippen molar-refractivity contribution in [3.8, 4) is 0 Å². The molecule has 0 bridgehead atoms. The van der Waals surface area contributed by atoms with E-state index in [-0.39, 0.29) is 0 Å². The van der Waals surface area contributed by atoms with Crippen LogP contribution in [0.25, 0.3) is 0 Å². The van der Waals surface area contributed by atoms with Gasteiger partial charge in [-0.05, 0) is 18.2 Å². The maximum atomic E-state index is 10.8. The Morgan fingerprint density at radius 2 is 2.25 bits per heavy atom. The second-order valence-electron chi connectivity index (χ2n) is 2.47. The standard InChI is InChI=1S/C6H10OS2.C5H4O2/c1-3-5-8-9(7)6-4-2;6-4-5-2-1-3-7-5/h3-4H,1-2,5-6H2;1-4H. The number of hydrogen-bond donors (Lipinski definition) is 0. The molecule has 0 aliphatic carbocycles. The van der Waals surface area contributed by atoms with E-state index in [4.69, 9.17) is 0 Å². The summed E-state index contributed by atoms with van der Waals surface area (Å²) >= 11 is 0. The molecule has 0 spiro atoms. The third-order valence-corrected chi connectivity index (χ3v) is 3.98. The van der Waals surface area contributed by atoms with Crippen LogP contribution in [-0.2, 0) is 10.2 Å². The molecule has 3 nitrogen and oxygen atoms in total. The fraction of sp³-hybridized carbons (Fsp3) is 0.182. The summed E-state index contributed by atoms with van der Waals surface area (Å²) < 4.78 is 15.4. The summed E-state index contributed by atoms with van der Waals surface area (Å²) in [6, 6.07) is 3.27. The van der Waals surface area contributed by atoms with Crippen molar-refractivity contribution in [1.29, 1.82) is 0 Å².